The van der Waals surface area contributed by atoms with Crippen LogP contribution in [-0.2, 0) is 10.0 Å². The quantitative estimate of drug-likeness (QED) is 0.784. The van der Waals surface area contributed by atoms with E-state index in [1.807, 2.05) is 0 Å². The molecule has 1 aromatic carbocycles. The third-order valence-electron chi connectivity index (χ3n) is 2.44. The highest BCUT2D eigenvalue weighted by Gasteiger charge is 2.23. The second-order valence-electron chi connectivity index (χ2n) is 4.44. The minimum Gasteiger partial charge on any atom is -0.335 e. The zero-order chi connectivity index (χ0) is 14.0. The van der Waals surface area contributed by atoms with Crippen molar-refractivity contribution in [1.29, 1.82) is 0 Å². The number of hydrogen-bond acceptors (Lipinski definition) is 3. The largest absolute Gasteiger partial charge is 0.335 e. The molecular weight excluding hydrogens is 273 g/mol. The van der Waals surface area contributed by atoms with Gasteiger partial charge in [-0.25, -0.2) is 17.6 Å². The van der Waals surface area contributed by atoms with Crippen molar-refractivity contribution < 1.29 is 17.6 Å². The molecule has 0 spiro atoms. The number of sulfonamides is 1. The van der Waals surface area contributed by atoms with Crippen LogP contribution >= 0.6 is 0 Å². The van der Waals surface area contributed by atoms with Crippen molar-refractivity contribution in [3.8, 4) is 0 Å². The van der Waals surface area contributed by atoms with E-state index in [2.05, 4.69) is 15.4 Å². The zero-order valence-corrected chi connectivity index (χ0v) is 11.1. The summed E-state index contributed by atoms with van der Waals surface area (Å²) in [6.45, 7) is 0. The first-order valence-electron chi connectivity index (χ1n) is 5.68. The van der Waals surface area contributed by atoms with E-state index < -0.39 is 21.9 Å². The number of benzene rings is 1. The topological polar surface area (TPSA) is 87.3 Å². The molecule has 1 aromatic rings. The molecule has 1 aliphatic carbocycles. The Kier molecular flexibility index (Phi) is 3.61. The van der Waals surface area contributed by atoms with Gasteiger partial charge in [0.15, 0.2) is 0 Å². The van der Waals surface area contributed by atoms with E-state index in [0.29, 0.717) is 0 Å². The summed E-state index contributed by atoms with van der Waals surface area (Å²) in [5, 5.41) is 5.09. The van der Waals surface area contributed by atoms with Gasteiger partial charge in [-0.15, -0.1) is 0 Å². The van der Waals surface area contributed by atoms with Crippen LogP contribution in [0.3, 0.4) is 0 Å². The van der Waals surface area contributed by atoms with Gasteiger partial charge in [-0.1, -0.05) is 0 Å². The van der Waals surface area contributed by atoms with Gasteiger partial charge in [0, 0.05) is 6.04 Å². The van der Waals surface area contributed by atoms with E-state index in [0.717, 1.165) is 31.2 Å². The second kappa shape index (κ2) is 5.04. The first-order valence-corrected chi connectivity index (χ1v) is 7.57. The maximum atomic E-state index is 13.2. The molecule has 1 fully saturated rings. The van der Waals surface area contributed by atoms with Crippen molar-refractivity contribution in [2.75, 3.05) is 16.3 Å². The molecule has 3 N–H and O–H groups in total. The minimum atomic E-state index is -3.50. The first-order chi connectivity index (χ1) is 8.83. The summed E-state index contributed by atoms with van der Waals surface area (Å²) in [4.78, 5) is 11.6. The van der Waals surface area contributed by atoms with Crippen molar-refractivity contribution in [3.63, 3.8) is 0 Å². The Morgan fingerprint density at radius 3 is 2.58 bits per heavy atom. The van der Waals surface area contributed by atoms with Crippen LogP contribution in [0, 0.1) is 5.82 Å². The first kappa shape index (κ1) is 13.6. The molecule has 0 atom stereocenters. The molecule has 0 aromatic heterocycles. The molecule has 1 aliphatic rings. The highest BCUT2D eigenvalue weighted by atomic mass is 32.2. The molecule has 6 nitrogen and oxygen atoms in total. The summed E-state index contributed by atoms with van der Waals surface area (Å²) in [7, 11) is -3.50. The van der Waals surface area contributed by atoms with E-state index in [9.17, 15) is 17.6 Å². The number of carbonyl (C=O) groups is 1. The normalized spacial score (nSPS) is 14.8. The number of anilines is 2. The Hall–Kier alpha value is -1.83. The van der Waals surface area contributed by atoms with Gasteiger partial charge in [0.05, 0.1) is 17.6 Å². The van der Waals surface area contributed by atoms with Crippen LogP contribution in [0.25, 0.3) is 0 Å². The monoisotopic (exact) mass is 287 g/mol. The molecule has 0 aliphatic heterocycles. The summed E-state index contributed by atoms with van der Waals surface area (Å²) in [6, 6.07) is 3.09. The Morgan fingerprint density at radius 1 is 1.32 bits per heavy atom. The average Bonchev–Trinajstić information content (AvgIpc) is 3.04. The number of urea groups is 1. The van der Waals surface area contributed by atoms with E-state index in [-0.39, 0.29) is 17.4 Å². The predicted molar refractivity (Wildman–Crippen MR) is 70.0 cm³/mol. The third-order valence-corrected chi connectivity index (χ3v) is 3.03. The molecule has 0 heterocycles. The minimum absolute atomic E-state index is 0.0728. The lowest BCUT2D eigenvalue weighted by Gasteiger charge is -2.12. The van der Waals surface area contributed by atoms with Gasteiger partial charge in [0.25, 0.3) is 0 Å². The summed E-state index contributed by atoms with van der Waals surface area (Å²) in [5.41, 5.74) is 0.193. The summed E-state index contributed by atoms with van der Waals surface area (Å²) >= 11 is 0. The van der Waals surface area contributed by atoms with Crippen molar-refractivity contribution in [2.45, 2.75) is 18.9 Å². The highest BCUT2D eigenvalue weighted by Crippen LogP contribution is 2.24. The van der Waals surface area contributed by atoms with Gasteiger partial charge in [-0.05, 0) is 31.0 Å². The van der Waals surface area contributed by atoms with E-state index in [1.165, 1.54) is 6.07 Å². The van der Waals surface area contributed by atoms with Gasteiger partial charge in [0.1, 0.15) is 5.82 Å². The fraction of sp³-hybridized carbons (Fsp3) is 0.364. The molecule has 0 unspecified atom stereocenters. The van der Waals surface area contributed by atoms with Crippen LogP contribution in [-0.4, -0.2) is 26.7 Å². The number of rotatable bonds is 4. The molecule has 2 rings (SSSR count). The standard InChI is InChI=1S/C11H14FN3O3S/c1-19(17,18)15-9-5-2-7(12)6-10(9)14-11(16)13-8-3-4-8/h2,5-6,8,15H,3-4H2,1H3,(H2,13,14,16). The van der Waals surface area contributed by atoms with Crippen LogP contribution in [0.15, 0.2) is 18.2 Å². The smallest absolute Gasteiger partial charge is 0.319 e. The summed E-state index contributed by atoms with van der Waals surface area (Å²) in [6.07, 6.45) is 2.82. The average molecular weight is 287 g/mol. The van der Waals surface area contributed by atoms with E-state index in [4.69, 9.17) is 0 Å². The molecule has 0 bridgehead atoms. The number of nitrogens with one attached hydrogen (secondary N) is 3. The SMILES string of the molecule is CS(=O)(=O)Nc1ccc(F)cc1NC(=O)NC1CC1. The summed E-state index contributed by atoms with van der Waals surface area (Å²) < 4.78 is 37.7. The van der Waals surface area contributed by atoms with E-state index in [1.54, 1.807) is 0 Å². The van der Waals surface area contributed by atoms with Gasteiger partial charge in [0.2, 0.25) is 10.0 Å². The maximum absolute atomic E-state index is 13.2. The van der Waals surface area contributed by atoms with Crippen molar-refractivity contribution in [2.24, 2.45) is 0 Å². The molecule has 0 saturated heterocycles. The molecular formula is C11H14FN3O3S. The Labute approximate surface area is 110 Å². The van der Waals surface area contributed by atoms with Gasteiger partial charge in [-0.3, -0.25) is 4.72 Å². The van der Waals surface area contributed by atoms with Crippen LogP contribution in [0.5, 0.6) is 0 Å². The lowest BCUT2D eigenvalue weighted by atomic mass is 10.2. The molecule has 2 amide bonds. The Bertz CT molecular complexity index is 599. The molecule has 104 valence electrons. The molecule has 0 radical (unpaired) electrons. The Balaban J connectivity index is 2.16. The van der Waals surface area contributed by atoms with Crippen molar-refractivity contribution >= 4 is 27.4 Å². The van der Waals surface area contributed by atoms with Crippen LogP contribution in [0.2, 0.25) is 0 Å². The van der Waals surface area contributed by atoms with Crippen molar-refractivity contribution in [3.05, 3.63) is 24.0 Å². The van der Waals surface area contributed by atoms with Crippen LogP contribution in [0.1, 0.15) is 12.8 Å². The van der Waals surface area contributed by atoms with Gasteiger partial charge in [-0.2, -0.15) is 0 Å². The van der Waals surface area contributed by atoms with Gasteiger partial charge >= 0.3 is 6.03 Å². The summed E-state index contributed by atoms with van der Waals surface area (Å²) in [5.74, 6) is -0.569. The fourth-order valence-corrected chi connectivity index (χ4v) is 2.06. The number of carbonyl (C=O) groups excluding carboxylic acids is 1. The molecule has 8 heteroatoms. The van der Waals surface area contributed by atoms with Gasteiger partial charge < -0.3 is 10.6 Å². The third kappa shape index (κ3) is 4.40. The maximum Gasteiger partial charge on any atom is 0.319 e. The molecule has 19 heavy (non-hydrogen) atoms. The lowest BCUT2D eigenvalue weighted by molar-refractivity contribution is 0.251. The number of hydrogen-bond donors (Lipinski definition) is 3. The predicted octanol–water partition coefficient (Wildman–Crippen LogP) is 1.48. The molecule has 1 saturated carbocycles. The Morgan fingerprint density at radius 2 is 2.00 bits per heavy atom. The number of halogens is 1. The van der Waals surface area contributed by atoms with Crippen LogP contribution in [0.4, 0.5) is 20.6 Å². The lowest BCUT2D eigenvalue weighted by Crippen LogP contribution is -2.30. The van der Waals surface area contributed by atoms with Crippen LogP contribution < -0.4 is 15.4 Å². The second-order valence-corrected chi connectivity index (χ2v) is 6.19. The number of amides is 2. The fourth-order valence-electron chi connectivity index (χ4n) is 1.48. The zero-order valence-electron chi connectivity index (χ0n) is 10.2. The van der Waals surface area contributed by atoms with E-state index >= 15 is 0 Å². The highest BCUT2D eigenvalue weighted by molar-refractivity contribution is 7.92. The van der Waals surface area contributed by atoms with Crippen molar-refractivity contribution in [1.82, 2.24) is 5.32 Å².